The van der Waals surface area contributed by atoms with Crippen LogP contribution in [-0.4, -0.2) is 57.8 Å². The third-order valence-electron chi connectivity index (χ3n) is 6.70. The summed E-state index contributed by atoms with van der Waals surface area (Å²) in [6.07, 6.45) is 6.23. The number of amides is 3. The molecule has 3 aliphatic rings. The summed E-state index contributed by atoms with van der Waals surface area (Å²) in [5.74, 6) is -1.37. The fraction of sp³-hybridized carbons (Fsp3) is 0.591. The first-order chi connectivity index (χ1) is 14.9. The van der Waals surface area contributed by atoms with Crippen molar-refractivity contribution >= 4 is 29.5 Å². The van der Waals surface area contributed by atoms with Gasteiger partial charge in [-0.2, -0.15) is 0 Å². The molecule has 1 aromatic rings. The van der Waals surface area contributed by atoms with E-state index in [4.69, 9.17) is 5.11 Å². The van der Waals surface area contributed by atoms with Gasteiger partial charge in [0.1, 0.15) is 5.82 Å². The highest BCUT2D eigenvalue weighted by Crippen LogP contribution is 2.31. The summed E-state index contributed by atoms with van der Waals surface area (Å²) in [4.78, 5) is 53.5. The van der Waals surface area contributed by atoms with Crippen LogP contribution in [0.5, 0.6) is 0 Å². The van der Waals surface area contributed by atoms with Gasteiger partial charge in [-0.15, -0.1) is 0 Å². The van der Waals surface area contributed by atoms with Crippen molar-refractivity contribution in [2.24, 2.45) is 11.8 Å². The van der Waals surface area contributed by atoms with Crippen LogP contribution in [0.3, 0.4) is 0 Å². The normalized spacial score (nSPS) is 28.8. The molecule has 3 amide bonds. The van der Waals surface area contributed by atoms with Crippen LogP contribution in [0.25, 0.3) is 0 Å². The maximum atomic E-state index is 12.7. The second kappa shape index (κ2) is 9.03. The number of imide groups is 1. The van der Waals surface area contributed by atoms with Gasteiger partial charge in [0.15, 0.2) is 0 Å². The van der Waals surface area contributed by atoms with Gasteiger partial charge in [0.05, 0.1) is 11.8 Å². The molecule has 1 unspecified atom stereocenters. The number of hydrogen-bond donors (Lipinski definition) is 3. The van der Waals surface area contributed by atoms with Crippen LogP contribution in [0.1, 0.15) is 56.4 Å². The lowest BCUT2D eigenvalue weighted by Crippen LogP contribution is -2.39. The highest BCUT2D eigenvalue weighted by molar-refractivity contribution is 6.01. The Bertz CT molecular complexity index is 880. The summed E-state index contributed by atoms with van der Waals surface area (Å²) in [5, 5.41) is 14.9. The molecule has 31 heavy (non-hydrogen) atoms. The summed E-state index contributed by atoms with van der Waals surface area (Å²) in [6, 6.07) is 3.87. The van der Waals surface area contributed by atoms with E-state index in [2.05, 4.69) is 15.6 Å². The number of hydrogen-bond acceptors (Lipinski definition) is 6. The minimum absolute atomic E-state index is 0.0478. The molecule has 2 aliphatic heterocycles. The smallest absolute Gasteiger partial charge is 0.308 e. The standard InChI is InChI=1S/C22H28N4O5/c27-19-6-5-17(20(28)25-19)14-7-9-23-18(11-14)24-16-3-1-13(2-4-16)21(29)26-10-8-15(12-26)22(30)31/h7,9,11,13,15-17H,1-6,8,10,12H2,(H,23,24)(H,30,31)(H,25,27,28)/t13-,15-,16-,17?/m1/s1. The number of nitrogens with one attached hydrogen (secondary N) is 2. The quantitative estimate of drug-likeness (QED) is 0.606. The summed E-state index contributed by atoms with van der Waals surface area (Å²) in [5.41, 5.74) is 0.841. The van der Waals surface area contributed by atoms with Crippen molar-refractivity contribution in [3.05, 3.63) is 23.9 Å². The zero-order valence-corrected chi connectivity index (χ0v) is 17.4. The molecule has 166 valence electrons. The molecule has 3 N–H and O–H groups in total. The van der Waals surface area contributed by atoms with Gasteiger partial charge in [0, 0.05) is 37.7 Å². The zero-order chi connectivity index (χ0) is 22.0. The number of likely N-dealkylation sites (tertiary alicyclic amines) is 1. The molecule has 4 rings (SSSR count). The number of carbonyl (C=O) groups is 4. The van der Waals surface area contributed by atoms with E-state index in [9.17, 15) is 19.2 Å². The molecule has 3 heterocycles. The van der Waals surface area contributed by atoms with E-state index in [-0.39, 0.29) is 35.6 Å². The van der Waals surface area contributed by atoms with E-state index in [0.717, 1.165) is 31.2 Å². The number of piperidine rings is 1. The van der Waals surface area contributed by atoms with E-state index in [1.54, 1.807) is 17.2 Å². The van der Waals surface area contributed by atoms with Crippen molar-refractivity contribution in [3.63, 3.8) is 0 Å². The van der Waals surface area contributed by atoms with Crippen LogP contribution < -0.4 is 10.6 Å². The predicted octanol–water partition coefficient (Wildman–Crippen LogP) is 1.51. The molecule has 9 nitrogen and oxygen atoms in total. The first kappa shape index (κ1) is 21.3. The van der Waals surface area contributed by atoms with Crippen LogP contribution in [0.2, 0.25) is 0 Å². The molecule has 9 heteroatoms. The minimum atomic E-state index is -0.824. The number of aromatic nitrogens is 1. The van der Waals surface area contributed by atoms with Crippen LogP contribution >= 0.6 is 0 Å². The molecule has 2 saturated heterocycles. The van der Waals surface area contributed by atoms with Crippen LogP contribution in [0.4, 0.5) is 5.82 Å². The van der Waals surface area contributed by atoms with E-state index in [1.165, 1.54) is 0 Å². The van der Waals surface area contributed by atoms with Gasteiger partial charge >= 0.3 is 5.97 Å². The highest BCUT2D eigenvalue weighted by atomic mass is 16.4. The van der Waals surface area contributed by atoms with Gasteiger partial charge in [0.2, 0.25) is 17.7 Å². The maximum Gasteiger partial charge on any atom is 0.308 e. The average molecular weight is 428 g/mol. The third-order valence-corrected chi connectivity index (χ3v) is 6.70. The lowest BCUT2D eigenvalue weighted by Gasteiger charge is -2.31. The van der Waals surface area contributed by atoms with Gasteiger partial charge in [-0.1, -0.05) is 0 Å². The fourth-order valence-electron chi connectivity index (χ4n) is 4.87. The number of pyridine rings is 1. The number of carboxylic acids is 1. The molecule has 3 fully saturated rings. The van der Waals surface area contributed by atoms with E-state index in [0.29, 0.717) is 38.2 Å². The Morgan fingerprint density at radius 3 is 2.55 bits per heavy atom. The number of carboxylic acid groups (broad SMARTS) is 1. The number of aliphatic carboxylic acids is 1. The number of nitrogens with zero attached hydrogens (tertiary/aromatic N) is 2. The Morgan fingerprint density at radius 1 is 1.10 bits per heavy atom. The zero-order valence-electron chi connectivity index (χ0n) is 17.4. The molecule has 1 aromatic heterocycles. The Balaban J connectivity index is 1.29. The first-order valence-corrected chi connectivity index (χ1v) is 11.0. The first-order valence-electron chi connectivity index (χ1n) is 11.0. The lowest BCUT2D eigenvalue weighted by molar-refractivity contribution is -0.142. The number of rotatable bonds is 5. The second-order valence-corrected chi connectivity index (χ2v) is 8.78. The van der Waals surface area contributed by atoms with E-state index < -0.39 is 11.9 Å². The van der Waals surface area contributed by atoms with Crippen molar-refractivity contribution < 1.29 is 24.3 Å². The molecular weight excluding hydrogens is 400 g/mol. The van der Waals surface area contributed by atoms with Crippen molar-refractivity contribution in [3.8, 4) is 0 Å². The van der Waals surface area contributed by atoms with Crippen molar-refractivity contribution in [2.75, 3.05) is 18.4 Å². The van der Waals surface area contributed by atoms with Gasteiger partial charge in [0.25, 0.3) is 0 Å². The molecule has 1 aliphatic carbocycles. The van der Waals surface area contributed by atoms with Crippen molar-refractivity contribution in [1.82, 2.24) is 15.2 Å². The molecule has 1 saturated carbocycles. The topological polar surface area (TPSA) is 129 Å². The van der Waals surface area contributed by atoms with Gasteiger partial charge in [-0.25, -0.2) is 4.98 Å². The monoisotopic (exact) mass is 428 g/mol. The summed E-state index contributed by atoms with van der Waals surface area (Å²) < 4.78 is 0. The van der Waals surface area contributed by atoms with Crippen LogP contribution in [-0.2, 0) is 19.2 Å². The fourth-order valence-corrected chi connectivity index (χ4v) is 4.87. The predicted molar refractivity (Wildman–Crippen MR) is 111 cm³/mol. The van der Waals surface area contributed by atoms with Crippen LogP contribution in [0, 0.1) is 11.8 Å². The molecule has 0 spiro atoms. The Hall–Kier alpha value is -2.97. The number of anilines is 1. The minimum Gasteiger partial charge on any atom is -0.481 e. The average Bonchev–Trinajstić information content (AvgIpc) is 3.25. The number of carbonyl (C=O) groups excluding carboxylic acids is 3. The Kier molecular flexibility index (Phi) is 6.20. The maximum absolute atomic E-state index is 12.7. The summed E-state index contributed by atoms with van der Waals surface area (Å²) in [7, 11) is 0. The van der Waals surface area contributed by atoms with Crippen molar-refractivity contribution in [2.45, 2.75) is 56.9 Å². The molecule has 0 bridgehead atoms. The molecular formula is C22H28N4O5. The lowest BCUT2D eigenvalue weighted by atomic mass is 9.85. The molecule has 0 aromatic carbocycles. The van der Waals surface area contributed by atoms with Gasteiger partial charge in [-0.05, 0) is 56.2 Å². The van der Waals surface area contributed by atoms with Crippen molar-refractivity contribution in [1.29, 1.82) is 0 Å². The second-order valence-electron chi connectivity index (χ2n) is 8.78. The van der Waals surface area contributed by atoms with Gasteiger partial charge < -0.3 is 15.3 Å². The van der Waals surface area contributed by atoms with E-state index >= 15 is 0 Å². The van der Waals surface area contributed by atoms with E-state index in [1.807, 2.05) is 6.07 Å². The Labute approximate surface area is 180 Å². The molecule has 0 radical (unpaired) electrons. The Morgan fingerprint density at radius 2 is 1.87 bits per heavy atom. The highest BCUT2D eigenvalue weighted by Gasteiger charge is 2.35. The SMILES string of the molecule is O=C1CCC(c2ccnc(N[C@H]3CC[C@H](C(=O)N4CC[C@@H](C(=O)O)C4)CC3)c2)C(=O)N1. The largest absolute Gasteiger partial charge is 0.481 e. The van der Waals surface area contributed by atoms with Crippen LogP contribution in [0.15, 0.2) is 18.3 Å². The third kappa shape index (κ3) is 4.86. The van der Waals surface area contributed by atoms with Gasteiger partial charge in [-0.3, -0.25) is 24.5 Å². The summed E-state index contributed by atoms with van der Waals surface area (Å²) in [6.45, 7) is 0.856. The molecule has 2 atom stereocenters. The summed E-state index contributed by atoms with van der Waals surface area (Å²) >= 11 is 0.